The molecule has 0 fully saturated rings. The minimum Gasteiger partial charge on any atom is -0.397 e. The summed E-state index contributed by atoms with van der Waals surface area (Å²) in [6, 6.07) is 10.5. The van der Waals surface area contributed by atoms with Crippen LogP contribution in [0.5, 0.6) is 0 Å². The molecular weight excluding hydrogens is 328 g/mol. The fraction of sp³-hybridized carbons (Fsp3) is 0.0714. The van der Waals surface area contributed by atoms with E-state index < -0.39 is 0 Å². The number of aryl methyl sites for hydroxylation is 1. The van der Waals surface area contributed by atoms with Gasteiger partial charge in [0.2, 0.25) is 0 Å². The van der Waals surface area contributed by atoms with Gasteiger partial charge in [-0.25, -0.2) is 0 Å². The van der Waals surface area contributed by atoms with Crippen LogP contribution in [0.4, 0.5) is 11.4 Å². The molecule has 0 aliphatic carbocycles. The van der Waals surface area contributed by atoms with Crippen molar-refractivity contribution in [3.8, 4) is 0 Å². The summed E-state index contributed by atoms with van der Waals surface area (Å²) >= 11 is 9.22. The van der Waals surface area contributed by atoms with E-state index in [-0.39, 0.29) is 5.91 Å². The van der Waals surface area contributed by atoms with Gasteiger partial charge in [-0.05, 0) is 42.8 Å². The molecule has 0 radical (unpaired) electrons. The summed E-state index contributed by atoms with van der Waals surface area (Å²) in [5.41, 5.74) is 8.50. The van der Waals surface area contributed by atoms with E-state index in [1.54, 1.807) is 24.3 Å². The minimum atomic E-state index is -0.251. The molecule has 0 saturated carbocycles. The fourth-order valence-corrected chi connectivity index (χ4v) is 2.54. The molecule has 0 unspecified atom stereocenters. The van der Waals surface area contributed by atoms with Gasteiger partial charge in [-0.2, -0.15) is 0 Å². The molecular formula is C14H12BrClN2O. The van der Waals surface area contributed by atoms with Crippen LogP contribution >= 0.6 is 27.5 Å². The maximum atomic E-state index is 12.1. The Kier molecular flexibility index (Phi) is 4.12. The highest BCUT2D eigenvalue weighted by Crippen LogP contribution is 2.23. The molecule has 0 saturated heterocycles. The minimum absolute atomic E-state index is 0.251. The summed E-state index contributed by atoms with van der Waals surface area (Å²) in [4.78, 5) is 12.1. The Balaban J connectivity index is 2.25. The lowest BCUT2D eigenvalue weighted by Crippen LogP contribution is -2.13. The Morgan fingerprint density at radius 3 is 2.63 bits per heavy atom. The number of rotatable bonds is 2. The van der Waals surface area contributed by atoms with E-state index in [1.807, 2.05) is 19.1 Å². The highest BCUT2D eigenvalue weighted by molar-refractivity contribution is 9.10. The van der Waals surface area contributed by atoms with Gasteiger partial charge in [0.25, 0.3) is 5.91 Å². The van der Waals surface area contributed by atoms with Crippen molar-refractivity contribution in [1.82, 2.24) is 0 Å². The number of carbonyl (C=O) groups is 1. The SMILES string of the molecule is Cc1ccc(NC(=O)c2cc(Cl)cc(Br)c2)c(N)c1. The average molecular weight is 340 g/mol. The summed E-state index contributed by atoms with van der Waals surface area (Å²) in [6.07, 6.45) is 0. The molecule has 0 aliphatic heterocycles. The van der Waals surface area contributed by atoms with Crippen molar-refractivity contribution < 1.29 is 4.79 Å². The molecule has 2 rings (SSSR count). The number of nitrogens with two attached hydrogens (primary N) is 1. The Hall–Kier alpha value is -1.52. The predicted molar refractivity (Wildman–Crippen MR) is 82.7 cm³/mol. The molecule has 0 aromatic heterocycles. The topological polar surface area (TPSA) is 55.1 Å². The maximum Gasteiger partial charge on any atom is 0.255 e. The van der Waals surface area contributed by atoms with Gasteiger partial charge in [-0.1, -0.05) is 33.6 Å². The monoisotopic (exact) mass is 338 g/mol. The molecule has 0 atom stereocenters. The first-order valence-corrected chi connectivity index (χ1v) is 6.76. The number of amides is 1. The first-order valence-electron chi connectivity index (χ1n) is 5.59. The van der Waals surface area contributed by atoms with Crippen LogP contribution in [0, 0.1) is 6.92 Å². The zero-order valence-corrected chi connectivity index (χ0v) is 12.5. The molecule has 5 heteroatoms. The van der Waals surface area contributed by atoms with Gasteiger partial charge in [0, 0.05) is 15.1 Å². The van der Waals surface area contributed by atoms with E-state index in [1.165, 1.54) is 0 Å². The van der Waals surface area contributed by atoms with Gasteiger partial charge in [0.05, 0.1) is 11.4 Å². The van der Waals surface area contributed by atoms with Gasteiger partial charge < -0.3 is 11.1 Å². The summed E-state index contributed by atoms with van der Waals surface area (Å²) < 4.78 is 0.752. The standard InChI is InChI=1S/C14H12BrClN2O/c1-8-2-3-13(12(17)4-8)18-14(19)9-5-10(15)7-11(16)6-9/h2-7H,17H2,1H3,(H,18,19). The van der Waals surface area contributed by atoms with Gasteiger partial charge >= 0.3 is 0 Å². The van der Waals surface area contributed by atoms with Crippen LogP contribution in [-0.2, 0) is 0 Å². The molecule has 0 spiro atoms. The Labute approximate surface area is 124 Å². The van der Waals surface area contributed by atoms with Crippen molar-refractivity contribution >= 4 is 44.8 Å². The Bertz CT molecular complexity index is 623. The maximum absolute atomic E-state index is 12.1. The van der Waals surface area contributed by atoms with Crippen LogP contribution in [-0.4, -0.2) is 5.91 Å². The van der Waals surface area contributed by atoms with E-state index in [4.69, 9.17) is 17.3 Å². The van der Waals surface area contributed by atoms with Crippen LogP contribution in [0.1, 0.15) is 15.9 Å². The molecule has 2 aromatic carbocycles. The molecule has 98 valence electrons. The van der Waals surface area contributed by atoms with Crippen molar-refractivity contribution in [1.29, 1.82) is 0 Å². The Morgan fingerprint density at radius 2 is 2.00 bits per heavy atom. The predicted octanol–water partition coefficient (Wildman–Crippen LogP) is 4.25. The van der Waals surface area contributed by atoms with E-state index in [0.29, 0.717) is 22.0 Å². The smallest absolute Gasteiger partial charge is 0.255 e. The first kappa shape index (κ1) is 13.9. The number of hydrogen-bond acceptors (Lipinski definition) is 2. The molecule has 3 nitrogen and oxygen atoms in total. The lowest BCUT2D eigenvalue weighted by molar-refractivity contribution is 0.102. The zero-order chi connectivity index (χ0) is 14.0. The quantitative estimate of drug-likeness (QED) is 0.804. The third-order valence-corrected chi connectivity index (χ3v) is 3.26. The second-order valence-electron chi connectivity index (χ2n) is 4.20. The van der Waals surface area contributed by atoms with Crippen LogP contribution < -0.4 is 11.1 Å². The molecule has 0 heterocycles. The number of benzene rings is 2. The third kappa shape index (κ3) is 3.49. The van der Waals surface area contributed by atoms with Crippen LogP contribution in [0.3, 0.4) is 0 Å². The summed E-state index contributed by atoms with van der Waals surface area (Å²) in [5, 5.41) is 3.26. The summed E-state index contributed by atoms with van der Waals surface area (Å²) in [5.74, 6) is -0.251. The molecule has 2 aromatic rings. The highest BCUT2D eigenvalue weighted by atomic mass is 79.9. The molecule has 19 heavy (non-hydrogen) atoms. The van der Waals surface area contributed by atoms with E-state index in [0.717, 1.165) is 10.0 Å². The average Bonchev–Trinajstić information content (AvgIpc) is 2.31. The first-order chi connectivity index (χ1) is 8.95. The molecule has 0 bridgehead atoms. The molecule has 1 amide bonds. The lowest BCUT2D eigenvalue weighted by atomic mass is 10.1. The molecule has 0 aliphatic rings. The van der Waals surface area contributed by atoms with E-state index >= 15 is 0 Å². The summed E-state index contributed by atoms with van der Waals surface area (Å²) in [6.45, 7) is 1.94. The number of anilines is 2. The highest BCUT2D eigenvalue weighted by Gasteiger charge is 2.09. The number of nitrogen functional groups attached to an aromatic ring is 1. The third-order valence-electron chi connectivity index (χ3n) is 2.58. The van der Waals surface area contributed by atoms with Gasteiger partial charge in [-0.3, -0.25) is 4.79 Å². The number of nitrogens with one attached hydrogen (secondary N) is 1. The number of carbonyl (C=O) groups excluding carboxylic acids is 1. The van der Waals surface area contributed by atoms with Crippen molar-refractivity contribution in [2.75, 3.05) is 11.1 Å². The number of hydrogen-bond donors (Lipinski definition) is 2. The van der Waals surface area contributed by atoms with Crippen molar-refractivity contribution in [2.24, 2.45) is 0 Å². The van der Waals surface area contributed by atoms with E-state index in [9.17, 15) is 4.79 Å². The largest absolute Gasteiger partial charge is 0.397 e. The van der Waals surface area contributed by atoms with Crippen molar-refractivity contribution in [3.05, 3.63) is 57.0 Å². The normalized spacial score (nSPS) is 10.3. The zero-order valence-electron chi connectivity index (χ0n) is 10.2. The number of halogens is 2. The molecule has 3 N–H and O–H groups in total. The van der Waals surface area contributed by atoms with Gasteiger partial charge in [-0.15, -0.1) is 0 Å². The van der Waals surface area contributed by atoms with Gasteiger partial charge in [0.1, 0.15) is 0 Å². The Morgan fingerprint density at radius 1 is 1.26 bits per heavy atom. The fourth-order valence-electron chi connectivity index (χ4n) is 1.68. The van der Waals surface area contributed by atoms with Crippen molar-refractivity contribution in [2.45, 2.75) is 6.92 Å². The van der Waals surface area contributed by atoms with Gasteiger partial charge in [0.15, 0.2) is 0 Å². The lowest BCUT2D eigenvalue weighted by Gasteiger charge is -2.09. The van der Waals surface area contributed by atoms with Crippen LogP contribution in [0.2, 0.25) is 5.02 Å². The summed E-state index contributed by atoms with van der Waals surface area (Å²) in [7, 11) is 0. The van der Waals surface area contributed by atoms with E-state index in [2.05, 4.69) is 21.2 Å². The van der Waals surface area contributed by atoms with Crippen LogP contribution in [0.15, 0.2) is 40.9 Å². The van der Waals surface area contributed by atoms with Crippen LogP contribution in [0.25, 0.3) is 0 Å². The van der Waals surface area contributed by atoms with Crippen molar-refractivity contribution in [3.63, 3.8) is 0 Å². The second kappa shape index (κ2) is 5.63. The second-order valence-corrected chi connectivity index (χ2v) is 5.56.